The van der Waals surface area contributed by atoms with Gasteiger partial charge in [-0.2, -0.15) is 0 Å². The number of nitrogens with one attached hydrogen (secondary N) is 1. The lowest BCUT2D eigenvalue weighted by Gasteiger charge is -2.38. The summed E-state index contributed by atoms with van der Waals surface area (Å²) >= 11 is 7.72. The van der Waals surface area contributed by atoms with Gasteiger partial charge >= 0.3 is 0 Å². The smallest absolute Gasteiger partial charge is 0.261 e. The van der Waals surface area contributed by atoms with Crippen LogP contribution < -0.4 is 5.32 Å². The van der Waals surface area contributed by atoms with E-state index < -0.39 is 0 Å². The minimum Gasteiger partial charge on any atom is -0.345 e. The van der Waals surface area contributed by atoms with Crippen LogP contribution in [-0.4, -0.2) is 17.3 Å². The summed E-state index contributed by atoms with van der Waals surface area (Å²) in [5, 5.41) is 3.20. The molecule has 19 heavy (non-hydrogen) atoms. The molecule has 1 amide bonds. The highest BCUT2D eigenvalue weighted by Gasteiger charge is 2.35. The number of amides is 1. The van der Waals surface area contributed by atoms with Crippen molar-refractivity contribution >= 4 is 28.8 Å². The zero-order valence-corrected chi connectivity index (χ0v) is 13.2. The van der Waals surface area contributed by atoms with E-state index in [1.54, 1.807) is 11.3 Å². The zero-order chi connectivity index (χ0) is 13.9. The van der Waals surface area contributed by atoms with E-state index in [1.165, 1.54) is 4.88 Å². The van der Waals surface area contributed by atoms with E-state index in [1.807, 2.05) is 12.1 Å². The fourth-order valence-electron chi connectivity index (χ4n) is 2.60. The summed E-state index contributed by atoms with van der Waals surface area (Å²) in [7, 11) is 0. The minimum absolute atomic E-state index is 0.0416. The third kappa shape index (κ3) is 3.51. The van der Waals surface area contributed by atoms with E-state index in [0.717, 1.165) is 42.9 Å². The molecule has 0 radical (unpaired) electrons. The van der Waals surface area contributed by atoms with Crippen molar-refractivity contribution in [2.45, 2.75) is 51.5 Å². The summed E-state index contributed by atoms with van der Waals surface area (Å²) in [5.74, 6) is 1.30. The van der Waals surface area contributed by atoms with Crippen LogP contribution >= 0.6 is 22.9 Å². The van der Waals surface area contributed by atoms with Gasteiger partial charge in [-0.15, -0.1) is 22.9 Å². The minimum atomic E-state index is -0.193. The number of thiophene rings is 1. The number of alkyl halides is 1. The number of rotatable bonds is 4. The van der Waals surface area contributed by atoms with Crippen LogP contribution in [0.5, 0.6) is 0 Å². The van der Waals surface area contributed by atoms with Crippen LogP contribution in [0.4, 0.5) is 0 Å². The first-order valence-corrected chi connectivity index (χ1v) is 8.41. The molecule has 1 N–H and O–H groups in total. The molecule has 1 heterocycles. The zero-order valence-electron chi connectivity index (χ0n) is 11.7. The van der Waals surface area contributed by atoms with Gasteiger partial charge in [0.2, 0.25) is 0 Å². The molecular weight excluding hydrogens is 278 g/mol. The molecule has 2 rings (SSSR count). The van der Waals surface area contributed by atoms with Crippen molar-refractivity contribution in [1.29, 1.82) is 0 Å². The predicted octanol–water partition coefficient (Wildman–Crippen LogP) is 4.23. The van der Waals surface area contributed by atoms with Crippen LogP contribution in [0.15, 0.2) is 12.1 Å². The standard InChI is InChI=1S/C15H22ClNOS/c1-3-12-4-5-13(19-12)14(18)17-15(10-16)8-6-11(2)7-9-15/h4-5,11H,3,6-10H2,1-2H3,(H,17,18). The van der Waals surface area contributed by atoms with Crippen molar-refractivity contribution < 1.29 is 4.79 Å². The average molecular weight is 300 g/mol. The number of carbonyl (C=O) groups excluding carboxylic acids is 1. The molecule has 1 saturated carbocycles. The van der Waals surface area contributed by atoms with Gasteiger partial charge in [-0.05, 0) is 50.2 Å². The lowest BCUT2D eigenvalue weighted by molar-refractivity contribution is 0.0876. The van der Waals surface area contributed by atoms with Gasteiger partial charge in [0, 0.05) is 10.8 Å². The van der Waals surface area contributed by atoms with Crippen molar-refractivity contribution in [3.63, 3.8) is 0 Å². The van der Waals surface area contributed by atoms with Gasteiger partial charge in [0.25, 0.3) is 5.91 Å². The van der Waals surface area contributed by atoms with E-state index in [9.17, 15) is 4.79 Å². The second-order valence-electron chi connectivity index (χ2n) is 5.67. The molecule has 106 valence electrons. The highest BCUT2D eigenvalue weighted by Crippen LogP contribution is 2.33. The van der Waals surface area contributed by atoms with Crippen molar-refractivity contribution in [3.8, 4) is 0 Å². The molecule has 1 aliphatic rings. The Balaban J connectivity index is 2.03. The number of hydrogen-bond donors (Lipinski definition) is 1. The normalized spacial score (nSPS) is 27.2. The number of carbonyl (C=O) groups is 1. The molecule has 0 aliphatic heterocycles. The molecule has 1 aromatic heterocycles. The molecule has 2 nitrogen and oxygen atoms in total. The van der Waals surface area contributed by atoms with Crippen LogP contribution in [0.1, 0.15) is 54.1 Å². The monoisotopic (exact) mass is 299 g/mol. The summed E-state index contributed by atoms with van der Waals surface area (Å²) in [5.41, 5.74) is -0.193. The quantitative estimate of drug-likeness (QED) is 0.828. The topological polar surface area (TPSA) is 29.1 Å². The van der Waals surface area contributed by atoms with Gasteiger partial charge in [0.15, 0.2) is 0 Å². The Morgan fingerprint density at radius 2 is 2.16 bits per heavy atom. The van der Waals surface area contributed by atoms with Crippen LogP contribution in [-0.2, 0) is 6.42 Å². The molecular formula is C15H22ClNOS. The molecule has 0 aromatic carbocycles. The van der Waals surface area contributed by atoms with Crippen LogP contribution in [0.3, 0.4) is 0 Å². The third-order valence-electron chi connectivity index (χ3n) is 4.10. The third-order valence-corrected chi connectivity index (χ3v) is 5.84. The first kappa shape index (κ1) is 14.9. The average Bonchev–Trinajstić information content (AvgIpc) is 2.91. The molecule has 0 unspecified atom stereocenters. The number of halogens is 1. The summed E-state index contributed by atoms with van der Waals surface area (Å²) in [6, 6.07) is 3.96. The van der Waals surface area contributed by atoms with Crippen LogP contribution in [0, 0.1) is 5.92 Å². The van der Waals surface area contributed by atoms with Gasteiger partial charge < -0.3 is 5.32 Å². The maximum absolute atomic E-state index is 12.3. The summed E-state index contributed by atoms with van der Waals surface area (Å²) < 4.78 is 0. The van der Waals surface area contributed by atoms with Crippen molar-refractivity contribution in [2.24, 2.45) is 5.92 Å². The van der Waals surface area contributed by atoms with E-state index >= 15 is 0 Å². The number of aryl methyl sites for hydroxylation is 1. The second kappa shape index (κ2) is 6.27. The molecule has 1 fully saturated rings. The Bertz CT molecular complexity index is 435. The highest BCUT2D eigenvalue weighted by molar-refractivity contribution is 7.14. The van der Waals surface area contributed by atoms with Gasteiger partial charge in [-0.1, -0.05) is 13.8 Å². The Morgan fingerprint density at radius 1 is 1.47 bits per heavy atom. The Kier molecular flexibility index (Phi) is 4.91. The van der Waals surface area contributed by atoms with E-state index in [2.05, 4.69) is 19.2 Å². The summed E-state index contributed by atoms with van der Waals surface area (Å²) in [6.45, 7) is 4.38. The lowest BCUT2D eigenvalue weighted by Crippen LogP contribution is -2.52. The maximum Gasteiger partial charge on any atom is 0.261 e. The summed E-state index contributed by atoms with van der Waals surface area (Å²) in [6.07, 6.45) is 5.27. The Morgan fingerprint density at radius 3 is 2.68 bits per heavy atom. The largest absolute Gasteiger partial charge is 0.345 e. The van der Waals surface area contributed by atoms with Crippen LogP contribution in [0.25, 0.3) is 0 Å². The van der Waals surface area contributed by atoms with Crippen LogP contribution in [0.2, 0.25) is 0 Å². The molecule has 1 aliphatic carbocycles. The van der Waals surface area contributed by atoms with Gasteiger partial charge in [-0.3, -0.25) is 4.79 Å². The molecule has 4 heteroatoms. The highest BCUT2D eigenvalue weighted by atomic mass is 35.5. The lowest BCUT2D eigenvalue weighted by atomic mass is 9.78. The van der Waals surface area contributed by atoms with E-state index in [4.69, 9.17) is 11.6 Å². The van der Waals surface area contributed by atoms with Crippen molar-refractivity contribution in [3.05, 3.63) is 21.9 Å². The Hall–Kier alpha value is -0.540. The van der Waals surface area contributed by atoms with Gasteiger partial charge in [0.1, 0.15) is 0 Å². The predicted molar refractivity (Wildman–Crippen MR) is 82.2 cm³/mol. The second-order valence-corrected chi connectivity index (χ2v) is 7.11. The molecule has 0 spiro atoms. The first-order valence-electron chi connectivity index (χ1n) is 7.06. The van der Waals surface area contributed by atoms with E-state index in [0.29, 0.717) is 5.88 Å². The Labute approximate surface area is 124 Å². The fourth-order valence-corrected chi connectivity index (χ4v) is 3.78. The van der Waals surface area contributed by atoms with Gasteiger partial charge in [0.05, 0.1) is 10.4 Å². The van der Waals surface area contributed by atoms with Crippen molar-refractivity contribution in [2.75, 3.05) is 5.88 Å². The van der Waals surface area contributed by atoms with Crippen molar-refractivity contribution in [1.82, 2.24) is 5.32 Å². The SMILES string of the molecule is CCc1ccc(C(=O)NC2(CCl)CCC(C)CC2)s1. The summed E-state index contributed by atoms with van der Waals surface area (Å²) in [4.78, 5) is 14.4. The first-order chi connectivity index (χ1) is 9.08. The van der Waals surface area contributed by atoms with Gasteiger partial charge in [-0.25, -0.2) is 0 Å². The molecule has 0 saturated heterocycles. The molecule has 1 aromatic rings. The number of hydrogen-bond acceptors (Lipinski definition) is 2. The fraction of sp³-hybridized carbons (Fsp3) is 0.667. The molecule has 0 bridgehead atoms. The molecule has 0 atom stereocenters. The maximum atomic E-state index is 12.3. The van der Waals surface area contributed by atoms with E-state index in [-0.39, 0.29) is 11.4 Å².